The fraction of sp³-hybridized carbons (Fsp3) is 0.600. The Morgan fingerprint density at radius 2 is 2.11 bits per heavy atom. The maximum Gasteiger partial charge on any atom is 0.371 e. The number of ether oxygens (including phenoxy) is 1. The summed E-state index contributed by atoms with van der Waals surface area (Å²) in [6.07, 6.45) is 1.61. The van der Waals surface area contributed by atoms with Crippen LogP contribution in [0.2, 0.25) is 0 Å². The van der Waals surface area contributed by atoms with Crippen molar-refractivity contribution in [1.29, 1.82) is 0 Å². The molecule has 0 radical (unpaired) electrons. The van der Waals surface area contributed by atoms with E-state index in [0.29, 0.717) is 0 Å². The van der Waals surface area contributed by atoms with Gasteiger partial charge in [-0.3, -0.25) is 4.79 Å². The van der Waals surface area contributed by atoms with E-state index in [0.717, 1.165) is 0 Å². The lowest BCUT2D eigenvalue weighted by Crippen LogP contribution is -2.03. The second-order valence-corrected chi connectivity index (χ2v) is 0.870. The number of carbonyl (C=O) groups is 2. The Kier molecular flexibility index (Phi) is 13.0. The highest BCUT2D eigenvalue weighted by atomic mass is 35.5. The van der Waals surface area contributed by atoms with Crippen molar-refractivity contribution in [1.82, 2.24) is 0 Å². The Hall–Kier alpha value is -0.570. The molecule has 0 spiro atoms. The summed E-state index contributed by atoms with van der Waals surface area (Å²) < 4.78 is 4.18. The summed E-state index contributed by atoms with van der Waals surface area (Å²) in [7, 11) is 0. The van der Waals surface area contributed by atoms with Gasteiger partial charge < -0.3 is 4.74 Å². The van der Waals surface area contributed by atoms with Crippen molar-refractivity contribution in [2.75, 3.05) is 13.0 Å². The fourth-order valence-electron chi connectivity index (χ4n) is 0.176. The van der Waals surface area contributed by atoms with Crippen LogP contribution in [0.1, 0.15) is 6.92 Å². The SMILES string of the molecule is CCOC(=O)C=O.CCl. The molecule has 3 nitrogen and oxygen atoms in total. The molecule has 0 aromatic heterocycles. The first-order valence-corrected chi connectivity index (χ1v) is 3.06. The fourth-order valence-corrected chi connectivity index (χ4v) is 0.176. The Morgan fingerprint density at radius 1 is 1.67 bits per heavy atom. The van der Waals surface area contributed by atoms with Gasteiger partial charge in [0.1, 0.15) is 0 Å². The van der Waals surface area contributed by atoms with Crippen molar-refractivity contribution in [2.45, 2.75) is 6.92 Å². The number of esters is 1. The molecule has 0 N–H and O–H groups in total. The lowest BCUT2D eigenvalue weighted by atomic mass is 10.7. The molecule has 0 atom stereocenters. The van der Waals surface area contributed by atoms with E-state index in [-0.39, 0.29) is 12.9 Å². The summed E-state index contributed by atoms with van der Waals surface area (Å²) in [5.74, 6) is -0.803. The zero-order chi connectivity index (χ0) is 7.70. The van der Waals surface area contributed by atoms with Gasteiger partial charge in [-0.1, -0.05) is 0 Å². The molecule has 0 aliphatic heterocycles. The first-order chi connectivity index (χ1) is 4.31. The maximum atomic E-state index is 9.82. The third kappa shape index (κ3) is 11.2. The average Bonchev–Trinajstić information content (AvgIpc) is 1.93. The molecule has 0 fully saturated rings. The minimum absolute atomic E-state index is 0.142. The van der Waals surface area contributed by atoms with Gasteiger partial charge in [0.2, 0.25) is 6.29 Å². The van der Waals surface area contributed by atoms with E-state index in [4.69, 9.17) is 0 Å². The average molecular weight is 153 g/mol. The topological polar surface area (TPSA) is 43.4 Å². The van der Waals surface area contributed by atoms with Crippen LogP contribution >= 0.6 is 11.6 Å². The molecule has 0 amide bonds. The van der Waals surface area contributed by atoms with Gasteiger partial charge in [-0.15, -0.1) is 11.6 Å². The van der Waals surface area contributed by atoms with Gasteiger partial charge in [0, 0.05) is 6.38 Å². The minimum Gasteiger partial charge on any atom is -0.460 e. The number of halogens is 1. The van der Waals surface area contributed by atoms with Crippen LogP contribution in [-0.2, 0) is 14.3 Å². The van der Waals surface area contributed by atoms with E-state index in [1.54, 1.807) is 6.92 Å². The van der Waals surface area contributed by atoms with Crippen LogP contribution < -0.4 is 0 Å². The molecule has 0 aromatic carbocycles. The highest BCUT2D eigenvalue weighted by Crippen LogP contribution is 1.68. The van der Waals surface area contributed by atoms with Crippen LogP contribution in [0.15, 0.2) is 0 Å². The monoisotopic (exact) mass is 152 g/mol. The Balaban J connectivity index is 0. The number of alkyl halides is 1. The highest BCUT2D eigenvalue weighted by molar-refractivity contribution is 6.20. The van der Waals surface area contributed by atoms with Crippen molar-refractivity contribution in [3.63, 3.8) is 0 Å². The molecule has 0 unspecified atom stereocenters. The minimum atomic E-state index is -0.803. The number of carbonyl (C=O) groups excluding carboxylic acids is 2. The molecule has 0 aromatic rings. The van der Waals surface area contributed by atoms with Crippen molar-refractivity contribution >= 4 is 23.9 Å². The number of hydrogen-bond donors (Lipinski definition) is 0. The smallest absolute Gasteiger partial charge is 0.371 e. The summed E-state index contributed by atoms with van der Waals surface area (Å²) in [4.78, 5) is 19.2. The second-order valence-electron chi connectivity index (χ2n) is 0.870. The zero-order valence-electron chi connectivity index (χ0n) is 5.39. The molecule has 0 heterocycles. The Morgan fingerprint density at radius 3 is 2.22 bits per heavy atom. The molecule has 4 heteroatoms. The summed E-state index contributed by atoms with van der Waals surface area (Å²) in [6, 6.07) is 0. The maximum absolute atomic E-state index is 9.82. The summed E-state index contributed by atoms with van der Waals surface area (Å²) in [6.45, 7) is 1.90. The zero-order valence-corrected chi connectivity index (χ0v) is 6.14. The van der Waals surface area contributed by atoms with Crippen LogP contribution in [0.5, 0.6) is 0 Å². The van der Waals surface area contributed by atoms with Crippen LogP contribution in [-0.4, -0.2) is 25.2 Å². The molecule has 0 saturated carbocycles. The molecular formula is C5H9ClO3. The number of rotatable bonds is 2. The van der Waals surface area contributed by atoms with Crippen LogP contribution in [0.4, 0.5) is 0 Å². The van der Waals surface area contributed by atoms with E-state index in [9.17, 15) is 9.59 Å². The van der Waals surface area contributed by atoms with E-state index in [1.807, 2.05) is 0 Å². The molecule has 0 saturated heterocycles. The van der Waals surface area contributed by atoms with Crippen LogP contribution in [0.3, 0.4) is 0 Å². The summed E-state index contributed by atoms with van der Waals surface area (Å²) >= 11 is 4.64. The summed E-state index contributed by atoms with van der Waals surface area (Å²) in [5, 5.41) is 0. The molecule has 54 valence electrons. The van der Waals surface area contributed by atoms with Gasteiger partial charge in [0.25, 0.3) is 0 Å². The van der Waals surface area contributed by atoms with Gasteiger partial charge in [-0.05, 0) is 6.92 Å². The number of hydrogen-bond acceptors (Lipinski definition) is 3. The van der Waals surface area contributed by atoms with Crippen molar-refractivity contribution < 1.29 is 14.3 Å². The molecule has 9 heavy (non-hydrogen) atoms. The highest BCUT2D eigenvalue weighted by Gasteiger charge is 1.91. The Labute approximate surface area is 58.9 Å². The third-order valence-corrected chi connectivity index (χ3v) is 0.383. The number of aldehydes is 1. The third-order valence-electron chi connectivity index (χ3n) is 0.383. The first kappa shape index (κ1) is 11.3. The van der Waals surface area contributed by atoms with Gasteiger partial charge in [-0.2, -0.15) is 0 Å². The molecule has 0 bridgehead atoms. The van der Waals surface area contributed by atoms with Gasteiger partial charge in [0.15, 0.2) is 0 Å². The van der Waals surface area contributed by atoms with E-state index in [1.165, 1.54) is 6.38 Å². The second kappa shape index (κ2) is 10.4. The summed E-state index contributed by atoms with van der Waals surface area (Å²) in [5.41, 5.74) is 0. The molecule has 0 aliphatic rings. The first-order valence-electron chi connectivity index (χ1n) is 2.31. The molecule has 0 rings (SSSR count). The van der Waals surface area contributed by atoms with Gasteiger partial charge >= 0.3 is 5.97 Å². The molecule has 0 aliphatic carbocycles. The van der Waals surface area contributed by atoms with Crippen molar-refractivity contribution in [3.8, 4) is 0 Å². The Bertz CT molecular complexity index is 82.3. The van der Waals surface area contributed by atoms with Crippen LogP contribution in [0, 0.1) is 0 Å². The standard InChI is InChI=1S/C4H6O3.CH3Cl/c1-2-7-4(6)3-5;1-2/h3H,2H2,1H3;1H3. The largest absolute Gasteiger partial charge is 0.460 e. The lowest BCUT2D eigenvalue weighted by molar-refractivity contribution is -0.148. The predicted molar refractivity (Wildman–Crippen MR) is 34.5 cm³/mol. The molecular weight excluding hydrogens is 144 g/mol. The van der Waals surface area contributed by atoms with Gasteiger partial charge in [0.05, 0.1) is 6.61 Å². The van der Waals surface area contributed by atoms with Crippen molar-refractivity contribution in [2.24, 2.45) is 0 Å². The van der Waals surface area contributed by atoms with Crippen molar-refractivity contribution in [3.05, 3.63) is 0 Å². The normalized spacial score (nSPS) is 6.56. The van der Waals surface area contributed by atoms with E-state index >= 15 is 0 Å². The quantitative estimate of drug-likeness (QED) is 0.252. The van der Waals surface area contributed by atoms with Crippen LogP contribution in [0.25, 0.3) is 0 Å². The lowest BCUT2D eigenvalue weighted by Gasteiger charge is -1.88. The van der Waals surface area contributed by atoms with E-state index < -0.39 is 5.97 Å². The predicted octanol–water partition coefficient (Wildman–Crippen LogP) is 0.603. The van der Waals surface area contributed by atoms with E-state index in [2.05, 4.69) is 16.3 Å². The van der Waals surface area contributed by atoms with Gasteiger partial charge in [-0.25, -0.2) is 4.79 Å².